The number of hydrogen-bond acceptors (Lipinski definition) is 4. The van der Waals surface area contributed by atoms with Gasteiger partial charge in [0.05, 0.1) is 20.3 Å². The molecule has 0 aliphatic carbocycles. The van der Waals surface area contributed by atoms with Crippen molar-refractivity contribution >= 4 is 0 Å². The molecule has 2 aromatic rings. The van der Waals surface area contributed by atoms with Crippen molar-refractivity contribution in [3.63, 3.8) is 0 Å². The van der Waals surface area contributed by atoms with Gasteiger partial charge in [0.25, 0.3) is 0 Å². The maximum atomic E-state index is 10.6. The van der Waals surface area contributed by atoms with Crippen molar-refractivity contribution in [2.24, 2.45) is 0 Å². The lowest BCUT2D eigenvalue weighted by molar-refractivity contribution is 0.138. The second-order valence-electron chi connectivity index (χ2n) is 5.77. The molecule has 0 saturated heterocycles. The molecule has 2 rings (SSSR count). The molecule has 0 bridgehead atoms. The third-order valence-electron chi connectivity index (χ3n) is 4.21. The zero-order valence-electron chi connectivity index (χ0n) is 14.7. The minimum Gasteiger partial charge on any atom is -0.497 e. The van der Waals surface area contributed by atoms with E-state index < -0.39 is 6.10 Å². The summed E-state index contributed by atoms with van der Waals surface area (Å²) >= 11 is 0. The summed E-state index contributed by atoms with van der Waals surface area (Å²) in [6, 6.07) is 15.9. The Bertz CT molecular complexity index is 616. The second-order valence-corrected chi connectivity index (χ2v) is 5.77. The number of aliphatic hydroxyl groups excluding tert-OH is 1. The van der Waals surface area contributed by atoms with Crippen molar-refractivity contribution in [1.82, 2.24) is 4.90 Å². The molecule has 0 aliphatic heterocycles. The van der Waals surface area contributed by atoms with E-state index in [0.717, 1.165) is 30.9 Å². The van der Waals surface area contributed by atoms with Crippen LogP contribution in [-0.4, -0.2) is 37.3 Å². The van der Waals surface area contributed by atoms with Crippen molar-refractivity contribution < 1.29 is 14.6 Å². The second kappa shape index (κ2) is 9.30. The molecular formula is C20H27NO3. The Labute approximate surface area is 144 Å². The zero-order valence-corrected chi connectivity index (χ0v) is 14.7. The Morgan fingerprint density at radius 1 is 1.04 bits per heavy atom. The van der Waals surface area contributed by atoms with Crippen molar-refractivity contribution in [3.05, 3.63) is 59.7 Å². The molecule has 0 aliphatic rings. The van der Waals surface area contributed by atoms with E-state index in [0.29, 0.717) is 12.2 Å². The summed E-state index contributed by atoms with van der Waals surface area (Å²) in [4.78, 5) is 2.33. The minimum atomic E-state index is -0.560. The summed E-state index contributed by atoms with van der Waals surface area (Å²) in [5.74, 6) is 1.38. The fraction of sp³-hybridized carbons (Fsp3) is 0.400. The van der Waals surface area contributed by atoms with Gasteiger partial charge in [-0.3, -0.25) is 4.90 Å². The van der Waals surface area contributed by atoms with E-state index in [1.165, 1.54) is 5.56 Å². The Hall–Kier alpha value is -2.04. The molecule has 0 heterocycles. The quantitative estimate of drug-likeness (QED) is 0.762. The average molecular weight is 329 g/mol. The van der Waals surface area contributed by atoms with Gasteiger partial charge in [-0.1, -0.05) is 37.3 Å². The van der Waals surface area contributed by atoms with Gasteiger partial charge in [0, 0.05) is 24.7 Å². The van der Waals surface area contributed by atoms with Gasteiger partial charge in [0.2, 0.25) is 0 Å². The number of methoxy groups -OCH3 is 2. The van der Waals surface area contributed by atoms with Crippen LogP contribution in [0.4, 0.5) is 0 Å². The first kappa shape index (κ1) is 18.3. The van der Waals surface area contributed by atoms with Crippen molar-refractivity contribution in [2.75, 3.05) is 27.3 Å². The Morgan fingerprint density at radius 3 is 2.42 bits per heavy atom. The summed E-state index contributed by atoms with van der Waals surface area (Å²) in [7, 11) is 3.23. The number of rotatable bonds is 9. The molecule has 2 aromatic carbocycles. The smallest absolute Gasteiger partial charge is 0.128 e. The molecule has 1 atom stereocenters. The number of nitrogens with zero attached hydrogens (tertiary/aromatic N) is 1. The van der Waals surface area contributed by atoms with E-state index in [-0.39, 0.29) is 0 Å². The number of benzene rings is 2. The molecule has 0 aromatic heterocycles. The van der Waals surface area contributed by atoms with E-state index in [1.807, 2.05) is 18.2 Å². The molecule has 24 heavy (non-hydrogen) atoms. The van der Waals surface area contributed by atoms with Crippen LogP contribution in [0.25, 0.3) is 0 Å². The molecule has 4 heteroatoms. The summed E-state index contributed by atoms with van der Waals surface area (Å²) in [6.45, 7) is 4.80. The lowest BCUT2D eigenvalue weighted by Gasteiger charge is -2.23. The highest BCUT2D eigenvalue weighted by Crippen LogP contribution is 2.31. The van der Waals surface area contributed by atoms with Gasteiger partial charge in [-0.25, -0.2) is 0 Å². The van der Waals surface area contributed by atoms with Crippen LogP contribution >= 0.6 is 0 Å². The number of hydrogen-bond donors (Lipinski definition) is 1. The van der Waals surface area contributed by atoms with Crippen LogP contribution in [0.3, 0.4) is 0 Å². The molecule has 0 amide bonds. The van der Waals surface area contributed by atoms with Crippen molar-refractivity contribution in [1.29, 1.82) is 0 Å². The fourth-order valence-electron chi connectivity index (χ4n) is 2.74. The molecule has 4 nitrogen and oxygen atoms in total. The minimum absolute atomic E-state index is 0.560. The summed E-state index contributed by atoms with van der Waals surface area (Å²) in [5.41, 5.74) is 2.09. The van der Waals surface area contributed by atoms with Crippen molar-refractivity contribution in [3.8, 4) is 11.5 Å². The Kier molecular flexibility index (Phi) is 7.09. The SMILES string of the molecule is CCN(CCC(O)c1ccc(OC)cc1OC)Cc1ccccc1. The van der Waals surface area contributed by atoms with Crippen LogP contribution in [0, 0.1) is 0 Å². The van der Waals surface area contributed by atoms with Crippen LogP contribution in [0.2, 0.25) is 0 Å². The predicted molar refractivity (Wildman–Crippen MR) is 96.5 cm³/mol. The van der Waals surface area contributed by atoms with Gasteiger partial charge >= 0.3 is 0 Å². The predicted octanol–water partition coefficient (Wildman–Crippen LogP) is 3.65. The molecule has 130 valence electrons. The summed E-state index contributed by atoms with van der Waals surface area (Å²) < 4.78 is 10.6. The maximum Gasteiger partial charge on any atom is 0.128 e. The molecule has 0 saturated carbocycles. The highest BCUT2D eigenvalue weighted by molar-refractivity contribution is 5.41. The highest BCUT2D eigenvalue weighted by Gasteiger charge is 2.15. The van der Waals surface area contributed by atoms with Gasteiger partial charge in [0.1, 0.15) is 11.5 Å². The largest absolute Gasteiger partial charge is 0.497 e. The maximum absolute atomic E-state index is 10.6. The van der Waals surface area contributed by atoms with Gasteiger partial charge in [-0.2, -0.15) is 0 Å². The molecule has 1 N–H and O–H groups in total. The van der Waals surface area contributed by atoms with E-state index in [9.17, 15) is 5.11 Å². The highest BCUT2D eigenvalue weighted by atomic mass is 16.5. The number of ether oxygens (including phenoxy) is 2. The third kappa shape index (κ3) is 4.98. The topological polar surface area (TPSA) is 41.9 Å². The normalized spacial score (nSPS) is 12.2. The molecule has 0 spiro atoms. The van der Waals surface area contributed by atoms with Gasteiger partial charge in [-0.15, -0.1) is 0 Å². The molecule has 0 fully saturated rings. The van der Waals surface area contributed by atoms with E-state index in [1.54, 1.807) is 20.3 Å². The van der Waals surface area contributed by atoms with Crippen LogP contribution < -0.4 is 9.47 Å². The first-order valence-electron chi connectivity index (χ1n) is 8.34. The summed E-state index contributed by atoms with van der Waals surface area (Å²) in [5, 5.41) is 10.6. The third-order valence-corrected chi connectivity index (χ3v) is 4.21. The first-order valence-corrected chi connectivity index (χ1v) is 8.34. The van der Waals surface area contributed by atoms with E-state index in [2.05, 4.69) is 36.1 Å². The fourth-order valence-corrected chi connectivity index (χ4v) is 2.74. The summed E-state index contributed by atoms with van der Waals surface area (Å²) in [6.07, 6.45) is 0.0966. The number of aliphatic hydroxyl groups is 1. The monoisotopic (exact) mass is 329 g/mol. The Morgan fingerprint density at radius 2 is 1.79 bits per heavy atom. The van der Waals surface area contributed by atoms with E-state index >= 15 is 0 Å². The van der Waals surface area contributed by atoms with Gasteiger partial charge in [0.15, 0.2) is 0 Å². The van der Waals surface area contributed by atoms with Gasteiger partial charge in [-0.05, 0) is 30.7 Å². The Balaban J connectivity index is 1.97. The lowest BCUT2D eigenvalue weighted by Crippen LogP contribution is -2.25. The van der Waals surface area contributed by atoms with E-state index in [4.69, 9.17) is 9.47 Å². The van der Waals surface area contributed by atoms with Crippen LogP contribution in [0.1, 0.15) is 30.6 Å². The first-order chi connectivity index (χ1) is 11.7. The average Bonchev–Trinajstić information content (AvgIpc) is 2.65. The van der Waals surface area contributed by atoms with Crippen LogP contribution in [0.5, 0.6) is 11.5 Å². The lowest BCUT2D eigenvalue weighted by atomic mass is 10.0. The zero-order chi connectivity index (χ0) is 17.4. The van der Waals surface area contributed by atoms with Crippen LogP contribution in [-0.2, 0) is 6.54 Å². The van der Waals surface area contributed by atoms with Gasteiger partial charge < -0.3 is 14.6 Å². The molecular weight excluding hydrogens is 302 g/mol. The van der Waals surface area contributed by atoms with Crippen LogP contribution in [0.15, 0.2) is 48.5 Å². The standard InChI is InChI=1S/C20H27NO3/c1-4-21(15-16-8-6-5-7-9-16)13-12-19(22)18-11-10-17(23-2)14-20(18)24-3/h5-11,14,19,22H,4,12-13,15H2,1-3H3. The molecule has 1 unspecified atom stereocenters. The molecule has 0 radical (unpaired) electrons. The van der Waals surface area contributed by atoms with Crippen molar-refractivity contribution in [2.45, 2.75) is 26.0 Å².